The zero-order valence-electron chi connectivity index (χ0n) is 22.4. The number of ether oxygens (including phenoxy) is 3. The molecule has 0 bridgehead atoms. The van der Waals surface area contributed by atoms with Crippen molar-refractivity contribution < 1.29 is 14.2 Å². The van der Waals surface area contributed by atoms with Crippen molar-refractivity contribution in [1.82, 2.24) is 20.3 Å². The summed E-state index contributed by atoms with van der Waals surface area (Å²) in [7, 11) is 1.72. The molecule has 0 spiro atoms. The minimum absolute atomic E-state index is 0.203. The van der Waals surface area contributed by atoms with E-state index in [1.165, 1.54) is 0 Å². The van der Waals surface area contributed by atoms with Gasteiger partial charge >= 0.3 is 0 Å². The summed E-state index contributed by atoms with van der Waals surface area (Å²) >= 11 is 0. The number of morpholine rings is 2. The molecule has 198 valence electrons. The Labute approximate surface area is 219 Å². The van der Waals surface area contributed by atoms with Gasteiger partial charge in [0, 0.05) is 37.3 Å². The number of aromatic nitrogens is 3. The highest BCUT2D eigenvalue weighted by atomic mass is 16.5. The second kappa shape index (κ2) is 11.6. The zero-order chi connectivity index (χ0) is 25.8. The van der Waals surface area contributed by atoms with Gasteiger partial charge in [0.15, 0.2) is 5.65 Å². The molecule has 2 aliphatic rings. The van der Waals surface area contributed by atoms with E-state index in [1.807, 2.05) is 6.07 Å². The first-order valence-electron chi connectivity index (χ1n) is 13.3. The maximum Gasteiger partial charge on any atom is 0.229 e. The van der Waals surface area contributed by atoms with Crippen LogP contribution in [0.4, 0.5) is 11.8 Å². The maximum atomic E-state index is 5.66. The molecule has 9 heteroatoms. The molecule has 37 heavy (non-hydrogen) atoms. The summed E-state index contributed by atoms with van der Waals surface area (Å²) in [6.45, 7) is 13.4. The Morgan fingerprint density at radius 2 is 1.84 bits per heavy atom. The number of pyridine rings is 1. The summed E-state index contributed by atoms with van der Waals surface area (Å²) in [6, 6.07) is 10.6. The van der Waals surface area contributed by atoms with E-state index in [4.69, 9.17) is 29.2 Å². The highest BCUT2D eigenvalue weighted by Crippen LogP contribution is 2.31. The Balaban J connectivity index is 1.54. The van der Waals surface area contributed by atoms with E-state index < -0.39 is 0 Å². The summed E-state index contributed by atoms with van der Waals surface area (Å²) in [4.78, 5) is 19.6. The van der Waals surface area contributed by atoms with Crippen molar-refractivity contribution in [3.05, 3.63) is 35.9 Å². The molecule has 1 N–H and O–H groups in total. The Hall–Kier alpha value is -3.01. The molecule has 2 aliphatic heterocycles. The highest BCUT2D eigenvalue weighted by Gasteiger charge is 2.25. The van der Waals surface area contributed by atoms with Gasteiger partial charge in [0.25, 0.3) is 0 Å². The fraction of sp³-hybridized carbons (Fsp3) is 0.536. The number of fused-ring (bicyclic) bond motifs is 1. The topological polar surface area (TPSA) is 84.9 Å². The van der Waals surface area contributed by atoms with E-state index in [0.717, 1.165) is 66.5 Å². The molecule has 0 aliphatic carbocycles. The molecule has 1 aromatic carbocycles. The second-order valence-electron chi connectivity index (χ2n) is 10.2. The van der Waals surface area contributed by atoms with Crippen molar-refractivity contribution in [3.63, 3.8) is 0 Å². The maximum absolute atomic E-state index is 5.66. The van der Waals surface area contributed by atoms with Crippen LogP contribution in [0.2, 0.25) is 0 Å². The Morgan fingerprint density at radius 3 is 2.59 bits per heavy atom. The number of nitrogens with zero attached hydrogens (tertiary/aromatic N) is 5. The molecular weight excluding hydrogens is 468 g/mol. The van der Waals surface area contributed by atoms with Gasteiger partial charge in [-0.2, -0.15) is 9.97 Å². The van der Waals surface area contributed by atoms with Gasteiger partial charge in [-0.1, -0.05) is 13.8 Å². The van der Waals surface area contributed by atoms with E-state index >= 15 is 0 Å². The highest BCUT2D eigenvalue weighted by molar-refractivity contribution is 5.90. The molecule has 0 unspecified atom stereocenters. The average molecular weight is 507 g/mol. The molecule has 3 aromatic rings. The number of hydrogen-bond acceptors (Lipinski definition) is 9. The lowest BCUT2D eigenvalue weighted by atomic mass is 10.1. The molecule has 1 atom stereocenters. The Morgan fingerprint density at radius 1 is 1.03 bits per heavy atom. The third-order valence-corrected chi connectivity index (χ3v) is 6.91. The van der Waals surface area contributed by atoms with Crippen molar-refractivity contribution in [2.75, 3.05) is 69.5 Å². The van der Waals surface area contributed by atoms with Crippen LogP contribution in [0.5, 0.6) is 5.75 Å². The second-order valence-corrected chi connectivity index (χ2v) is 10.2. The molecule has 0 saturated carbocycles. The van der Waals surface area contributed by atoms with Crippen LogP contribution < -0.4 is 19.9 Å². The van der Waals surface area contributed by atoms with E-state index in [-0.39, 0.29) is 6.04 Å². The van der Waals surface area contributed by atoms with Gasteiger partial charge in [-0.3, -0.25) is 0 Å². The van der Waals surface area contributed by atoms with Crippen LogP contribution in [0.15, 0.2) is 30.3 Å². The molecule has 0 amide bonds. The number of anilines is 2. The van der Waals surface area contributed by atoms with Gasteiger partial charge < -0.3 is 29.3 Å². The lowest BCUT2D eigenvalue weighted by molar-refractivity contribution is 0.0981. The van der Waals surface area contributed by atoms with E-state index in [2.05, 4.69) is 60.2 Å². The largest absolute Gasteiger partial charge is 0.496 e. The van der Waals surface area contributed by atoms with Crippen LogP contribution in [0.1, 0.15) is 26.3 Å². The van der Waals surface area contributed by atoms with E-state index in [1.54, 1.807) is 7.11 Å². The van der Waals surface area contributed by atoms with Gasteiger partial charge in [-0.05, 0) is 49.7 Å². The lowest BCUT2D eigenvalue weighted by Crippen LogP contribution is -2.45. The minimum Gasteiger partial charge on any atom is -0.496 e. The fourth-order valence-electron chi connectivity index (χ4n) is 4.88. The van der Waals surface area contributed by atoms with Crippen LogP contribution in [-0.4, -0.2) is 80.7 Å². The van der Waals surface area contributed by atoms with Crippen LogP contribution in [0, 0.1) is 5.92 Å². The first-order chi connectivity index (χ1) is 18.0. The number of nitrogens with one attached hydrogen (secondary N) is 1. The molecule has 2 saturated heterocycles. The van der Waals surface area contributed by atoms with Gasteiger partial charge in [0.05, 0.1) is 50.7 Å². The molecule has 5 rings (SSSR count). The van der Waals surface area contributed by atoms with Gasteiger partial charge in [-0.25, -0.2) is 4.98 Å². The van der Waals surface area contributed by atoms with Crippen molar-refractivity contribution in [1.29, 1.82) is 0 Å². The smallest absolute Gasteiger partial charge is 0.229 e. The van der Waals surface area contributed by atoms with Crippen molar-refractivity contribution in [2.24, 2.45) is 5.92 Å². The molecule has 9 nitrogen and oxygen atoms in total. The lowest BCUT2D eigenvalue weighted by Gasteiger charge is -2.34. The third-order valence-electron chi connectivity index (χ3n) is 6.91. The summed E-state index contributed by atoms with van der Waals surface area (Å²) in [5.74, 6) is 3.10. The quantitative estimate of drug-likeness (QED) is 0.493. The van der Waals surface area contributed by atoms with Gasteiger partial charge in [0.2, 0.25) is 5.95 Å². The predicted molar refractivity (Wildman–Crippen MR) is 147 cm³/mol. The standard InChI is InChI=1S/C28H38N6O3/c1-19(2)16-29-17-22-15-21(5-8-25(22)35-4)24-7-6-23-26(30-24)31-28(34-11-14-37-18-20(34)3)32-27(23)33-9-12-36-13-10-33/h5-8,15,19-20,29H,9-14,16-18H2,1-4H3/t20-/m0/s1. The van der Waals surface area contributed by atoms with Gasteiger partial charge in [0.1, 0.15) is 11.6 Å². The SMILES string of the molecule is COc1ccc(-c2ccc3c(N4CCOCC4)nc(N4CCOC[C@@H]4C)nc3n2)cc1CNCC(C)C. The summed E-state index contributed by atoms with van der Waals surface area (Å²) < 4.78 is 16.9. The fourth-order valence-corrected chi connectivity index (χ4v) is 4.88. The summed E-state index contributed by atoms with van der Waals surface area (Å²) in [5, 5.41) is 4.48. The van der Waals surface area contributed by atoms with Crippen molar-refractivity contribution in [3.8, 4) is 17.0 Å². The van der Waals surface area contributed by atoms with Crippen LogP contribution in [-0.2, 0) is 16.0 Å². The Kier molecular flexibility index (Phi) is 8.02. The van der Waals surface area contributed by atoms with Crippen molar-refractivity contribution >= 4 is 22.8 Å². The average Bonchev–Trinajstić information content (AvgIpc) is 2.92. The van der Waals surface area contributed by atoms with Crippen molar-refractivity contribution in [2.45, 2.75) is 33.4 Å². The zero-order valence-corrected chi connectivity index (χ0v) is 22.4. The third kappa shape index (κ3) is 5.79. The molecule has 2 aromatic heterocycles. The first-order valence-corrected chi connectivity index (χ1v) is 13.3. The molecule has 2 fully saturated rings. The molecule has 4 heterocycles. The van der Waals surface area contributed by atoms with Crippen LogP contribution in [0.25, 0.3) is 22.3 Å². The van der Waals surface area contributed by atoms with Crippen LogP contribution >= 0.6 is 0 Å². The van der Waals surface area contributed by atoms with E-state index in [9.17, 15) is 0 Å². The number of rotatable bonds is 8. The summed E-state index contributed by atoms with van der Waals surface area (Å²) in [6.07, 6.45) is 0. The minimum atomic E-state index is 0.203. The summed E-state index contributed by atoms with van der Waals surface area (Å²) in [5.41, 5.74) is 3.74. The molecular formula is C28H38N6O3. The monoisotopic (exact) mass is 506 g/mol. The van der Waals surface area contributed by atoms with E-state index in [0.29, 0.717) is 43.9 Å². The van der Waals surface area contributed by atoms with Gasteiger partial charge in [-0.15, -0.1) is 0 Å². The first kappa shape index (κ1) is 25.6. The predicted octanol–water partition coefficient (Wildman–Crippen LogP) is 3.51. The number of methoxy groups -OCH3 is 1. The number of benzene rings is 1. The van der Waals surface area contributed by atoms with Crippen LogP contribution in [0.3, 0.4) is 0 Å². The molecule has 0 radical (unpaired) electrons. The Bertz CT molecular complexity index is 1210. The normalized spacial score (nSPS) is 18.6. The number of hydrogen-bond donors (Lipinski definition) is 1.